The van der Waals surface area contributed by atoms with E-state index in [0.29, 0.717) is 11.6 Å². The summed E-state index contributed by atoms with van der Waals surface area (Å²) >= 11 is 10.8. The zero-order valence-electron chi connectivity index (χ0n) is 13.1. The number of benzene rings is 1. The fourth-order valence-corrected chi connectivity index (χ4v) is 3.86. The van der Waals surface area contributed by atoms with Crippen LogP contribution < -0.4 is 4.74 Å². The Labute approximate surface area is 159 Å². The monoisotopic (exact) mass is 428 g/mol. The van der Waals surface area contributed by atoms with Crippen LogP contribution in [0.4, 0.5) is 0 Å². The van der Waals surface area contributed by atoms with Gasteiger partial charge in [-0.15, -0.1) is 11.3 Å². The first-order chi connectivity index (χ1) is 11.6. The molecule has 0 spiro atoms. The van der Waals surface area contributed by atoms with Crippen molar-refractivity contribution in [1.82, 2.24) is 9.80 Å². The van der Waals surface area contributed by atoms with E-state index in [-0.39, 0.29) is 5.91 Å². The molecule has 128 valence electrons. The van der Waals surface area contributed by atoms with Gasteiger partial charge in [-0.1, -0.05) is 11.6 Å². The summed E-state index contributed by atoms with van der Waals surface area (Å²) < 4.78 is 6.72. The standard InChI is InChI=1S/C17H18BrClN2O2S/c18-16-11-13(12-24-16)17(22)21-7-5-20(6-8-21)9-10-23-15-3-1-14(19)2-4-15/h1-4,11-12H,5-10H2. The lowest BCUT2D eigenvalue weighted by molar-refractivity contribution is 0.0621. The number of carbonyl (C=O) groups is 1. The van der Waals surface area contributed by atoms with E-state index >= 15 is 0 Å². The number of thiophene rings is 1. The molecule has 2 heterocycles. The molecule has 1 fully saturated rings. The zero-order chi connectivity index (χ0) is 16.9. The van der Waals surface area contributed by atoms with Crippen molar-refractivity contribution in [3.05, 3.63) is 50.1 Å². The Morgan fingerprint density at radius 1 is 1.21 bits per heavy atom. The van der Waals surface area contributed by atoms with Crippen LogP contribution in [0.2, 0.25) is 5.02 Å². The van der Waals surface area contributed by atoms with Gasteiger partial charge in [0.2, 0.25) is 0 Å². The van der Waals surface area contributed by atoms with E-state index in [2.05, 4.69) is 20.8 Å². The maximum absolute atomic E-state index is 12.4. The fraction of sp³-hybridized carbons (Fsp3) is 0.353. The van der Waals surface area contributed by atoms with Crippen LogP contribution >= 0.6 is 38.9 Å². The van der Waals surface area contributed by atoms with Crippen molar-refractivity contribution < 1.29 is 9.53 Å². The topological polar surface area (TPSA) is 32.8 Å². The van der Waals surface area contributed by atoms with Crippen molar-refractivity contribution in [3.8, 4) is 5.75 Å². The molecule has 1 aromatic carbocycles. The second kappa shape index (κ2) is 8.34. The lowest BCUT2D eigenvalue weighted by Crippen LogP contribution is -2.49. The van der Waals surface area contributed by atoms with Gasteiger partial charge in [-0.25, -0.2) is 0 Å². The highest BCUT2D eigenvalue weighted by Crippen LogP contribution is 2.22. The molecule has 1 amide bonds. The van der Waals surface area contributed by atoms with E-state index in [1.54, 1.807) is 11.3 Å². The van der Waals surface area contributed by atoms with E-state index in [4.69, 9.17) is 16.3 Å². The minimum Gasteiger partial charge on any atom is -0.492 e. The molecule has 1 saturated heterocycles. The Bertz CT molecular complexity index is 684. The summed E-state index contributed by atoms with van der Waals surface area (Å²) in [5, 5.41) is 2.61. The molecule has 0 radical (unpaired) electrons. The lowest BCUT2D eigenvalue weighted by Gasteiger charge is -2.34. The normalized spacial score (nSPS) is 15.5. The minimum absolute atomic E-state index is 0.119. The van der Waals surface area contributed by atoms with Crippen LogP contribution in [0, 0.1) is 0 Å². The maximum atomic E-state index is 12.4. The number of piperazine rings is 1. The average Bonchev–Trinajstić information content (AvgIpc) is 3.03. The third-order valence-electron chi connectivity index (χ3n) is 3.96. The second-order valence-corrected chi connectivity index (χ2v) is 8.30. The van der Waals surface area contributed by atoms with Gasteiger partial charge in [-0.2, -0.15) is 0 Å². The molecular formula is C17H18BrClN2O2S. The van der Waals surface area contributed by atoms with Crippen molar-refractivity contribution >= 4 is 44.8 Å². The summed E-state index contributed by atoms with van der Waals surface area (Å²) in [7, 11) is 0. The summed E-state index contributed by atoms with van der Waals surface area (Å²) in [5.74, 6) is 0.949. The van der Waals surface area contributed by atoms with Gasteiger partial charge < -0.3 is 9.64 Å². The van der Waals surface area contributed by atoms with Gasteiger partial charge in [-0.3, -0.25) is 9.69 Å². The number of nitrogens with zero attached hydrogens (tertiary/aromatic N) is 2. The highest BCUT2D eigenvalue weighted by Gasteiger charge is 2.22. The summed E-state index contributed by atoms with van der Waals surface area (Å²) in [6.07, 6.45) is 0. The van der Waals surface area contributed by atoms with Crippen molar-refractivity contribution in [1.29, 1.82) is 0 Å². The first-order valence-electron chi connectivity index (χ1n) is 7.76. The molecule has 0 bridgehead atoms. The van der Waals surface area contributed by atoms with E-state index in [0.717, 1.165) is 47.8 Å². The smallest absolute Gasteiger partial charge is 0.254 e. The van der Waals surface area contributed by atoms with Crippen LogP contribution in [0.25, 0.3) is 0 Å². The maximum Gasteiger partial charge on any atom is 0.254 e. The van der Waals surface area contributed by atoms with Crippen LogP contribution in [-0.2, 0) is 0 Å². The summed E-state index contributed by atoms with van der Waals surface area (Å²) in [4.78, 5) is 16.6. The minimum atomic E-state index is 0.119. The Hall–Kier alpha value is -1.08. The van der Waals surface area contributed by atoms with Gasteiger partial charge in [-0.05, 0) is 46.3 Å². The van der Waals surface area contributed by atoms with Crippen molar-refractivity contribution in [2.45, 2.75) is 0 Å². The van der Waals surface area contributed by atoms with E-state index in [1.165, 1.54) is 0 Å². The molecular weight excluding hydrogens is 412 g/mol. The predicted octanol–water partition coefficient (Wildman–Crippen LogP) is 4.00. The van der Waals surface area contributed by atoms with Crippen LogP contribution in [0.3, 0.4) is 0 Å². The van der Waals surface area contributed by atoms with Crippen LogP contribution in [0.5, 0.6) is 5.75 Å². The molecule has 7 heteroatoms. The Balaban J connectivity index is 1.40. The Morgan fingerprint density at radius 3 is 2.54 bits per heavy atom. The van der Waals surface area contributed by atoms with Crippen molar-refractivity contribution in [3.63, 3.8) is 0 Å². The van der Waals surface area contributed by atoms with Crippen LogP contribution in [0.1, 0.15) is 10.4 Å². The number of halogens is 2. The van der Waals surface area contributed by atoms with Crippen LogP contribution in [-0.4, -0.2) is 55.0 Å². The molecule has 1 aromatic heterocycles. The van der Waals surface area contributed by atoms with Crippen molar-refractivity contribution in [2.24, 2.45) is 0 Å². The molecule has 4 nitrogen and oxygen atoms in total. The molecule has 0 atom stereocenters. The molecule has 0 aliphatic carbocycles. The molecule has 0 N–H and O–H groups in total. The molecule has 24 heavy (non-hydrogen) atoms. The molecule has 2 aromatic rings. The summed E-state index contributed by atoms with van der Waals surface area (Å²) in [5.41, 5.74) is 0.770. The largest absolute Gasteiger partial charge is 0.492 e. The molecule has 3 rings (SSSR count). The summed E-state index contributed by atoms with van der Waals surface area (Å²) in [6.45, 7) is 4.75. The quantitative estimate of drug-likeness (QED) is 0.720. The fourth-order valence-electron chi connectivity index (χ4n) is 2.60. The predicted molar refractivity (Wildman–Crippen MR) is 101 cm³/mol. The number of rotatable bonds is 5. The Morgan fingerprint density at radius 2 is 1.92 bits per heavy atom. The molecule has 0 unspecified atom stereocenters. The number of ether oxygens (including phenoxy) is 1. The second-order valence-electron chi connectivity index (χ2n) is 5.58. The number of hydrogen-bond donors (Lipinski definition) is 0. The molecule has 0 saturated carbocycles. The third kappa shape index (κ3) is 4.72. The van der Waals surface area contributed by atoms with Gasteiger partial charge in [0.05, 0.1) is 9.35 Å². The SMILES string of the molecule is O=C(c1csc(Br)c1)N1CCN(CCOc2ccc(Cl)cc2)CC1. The molecule has 1 aliphatic rings. The number of hydrogen-bond acceptors (Lipinski definition) is 4. The lowest BCUT2D eigenvalue weighted by atomic mass is 10.2. The average molecular weight is 430 g/mol. The highest BCUT2D eigenvalue weighted by molar-refractivity contribution is 9.11. The van der Waals surface area contributed by atoms with Crippen LogP contribution in [0.15, 0.2) is 39.5 Å². The van der Waals surface area contributed by atoms with Gasteiger partial charge in [0.15, 0.2) is 0 Å². The van der Waals surface area contributed by atoms with E-state index < -0.39 is 0 Å². The van der Waals surface area contributed by atoms with E-state index in [9.17, 15) is 4.79 Å². The Kier molecular flexibility index (Phi) is 6.16. The van der Waals surface area contributed by atoms with E-state index in [1.807, 2.05) is 40.6 Å². The van der Waals surface area contributed by atoms with Gasteiger partial charge in [0.1, 0.15) is 12.4 Å². The van der Waals surface area contributed by atoms with Gasteiger partial charge >= 0.3 is 0 Å². The first kappa shape index (κ1) is 17.7. The number of amides is 1. The first-order valence-corrected chi connectivity index (χ1v) is 9.81. The third-order valence-corrected chi connectivity index (χ3v) is 5.72. The number of carbonyl (C=O) groups excluding carboxylic acids is 1. The summed E-state index contributed by atoms with van der Waals surface area (Å²) in [6, 6.07) is 9.28. The highest BCUT2D eigenvalue weighted by atomic mass is 79.9. The molecule has 1 aliphatic heterocycles. The van der Waals surface area contributed by atoms with Crippen molar-refractivity contribution in [2.75, 3.05) is 39.3 Å². The van der Waals surface area contributed by atoms with Gasteiger partial charge in [0, 0.05) is 43.1 Å². The van der Waals surface area contributed by atoms with Gasteiger partial charge in [0.25, 0.3) is 5.91 Å². The zero-order valence-corrected chi connectivity index (χ0v) is 16.2.